The van der Waals surface area contributed by atoms with Gasteiger partial charge in [0.25, 0.3) is 0 Å². The van der Waals surface area contributed by atoms with E-state index in [4.69, 9.17) is 10.5 Å². The molecule has 1 aromatic rings. The molecule has 0 heterocycles. The van der Waals surface area contributed by atoms with Gasteiger partial charge in [0.05, 0.1) is 4.90 Å². The lowest BCUT2D eigenvalue weighted by Crippen LogP contribution is -1.99. The van der Waals surface area contributed by atoms with E-state index in [9.17, 15) is 8.42 Å². The van der Waals surface area contributed by atoms with E-state index in [1.54, 1.807) is 18.2 Å². The molecule has 0 radical (unpaired) electrons. The molecule has 0 spiro atoms. The lowest BCUT2D eigenvalue weighted by Gasteiger charge is -2.03. The summed E-state index contributed by atoms with van der Waals surface area (Å²) in [4.78, 5) is 0.289. The van der Waals surface area contributed by atoms with Gasteiger partial charge in [-0.2, -0.15) is 0 Å². The zero-order valence-corrected chi connectivity index (χ0v) is 9.91. The summed E-state index contributed by atoms with van der Waals surface area (Å²) in [7, 11) is -3.13. The number of benzene rings is 1. The third-order valence-corrected chi connectivity index (χ3v) is 3.03. The molecule has 0 bridgehead atoms. The maximum atomic E-state index is 11.2. The highest BCUT2D eigenvalue weighted by Gasteiger charge is 2.05. The smallest absolute Gasteiger partial charge is 0.175 e. The largest absolute Gasteiger partial charge is 0.490 e. The maximum absolute atomic E-state index is 11.2. The van der Waals surface area contributed by atoms with Crippen LogP contribution >= 0.6 is 0 Å². The Labute approximate surface area is 95.6 Å². The Hall–Kier alpha value is -1.33. The van der Waals surface area contributed by atoms with Gasteiger partial charge in [-0.15, -0.1) is 0 Å². The minimum atomic E-state index is -3.13. The Morgan fingerprint density at radius 3 is 2.38 bits per heavy atom. The van der Waals surface area contributed by atoms with Crippen LogP contribution in [0.1, 0.15) is 0 Å². The van der Waals surface area contributed by atoms with Crippen molar-refractivity contribution in [2.24, 2.45) is 5.73 Å². The second kappa shape index (κ2) is 5.67. The molecule has 0 saturated heterocycles. The molecule has 1 aromatic carbocycles. The van der Waals surface area contributed by atoms with E-state index in [1.165, 1.54) is 18.4 Å². The number of hydrogen-bond donors (Lipinski definition) is 1. The molecule has 2 N–H and O–H groups in total. The molecule has 0 aliphatic heterocycles. The highest BCUT2D eigenvalue weighted by atomic mass is 32.2. The van der Waals surface area contributed by atoms with Crippen molar-refractivity contribution in [3.63, 3.8) is 0 Å². The molecule has 0 fully saturated rings. The van der Waals surface area contributed by atoms with Crippen molar-refractivity contribution in [2.75, 3.05) is 19.4 Å². The van der Waals surface area contributed by atoms with Crippen molar-refractivity contribution in [1.29, 1.82) is 0 Å². The standard InChI is InChI=1S/C11H15NO3S/c1-16(13,14)11-6-4-10(5-7-11)15-9-3-2-8-12/h2-7H,8-9,12H2,1H3. The SMILES string of the molecule is CS(=O)(=O)c1ccc(OCC=CCN)cc1. The first-order chi connectivity index (χ1) is 7.54. The third kappa shape index (κ3) is 4.04. The number of sulfone groups is 1. The van der Waals surface area contributed by atoms with Crippen LogP contribution in [0.2, 0.25) is 0 Å². The van der Waals surface area contributed by atoms with Gasteiger partial charge < -0.3 is 10.5 Å². The van der Waals surface area contributed by atoms with E-state index in [2.05, 4.69) is 0 Å². The van der Waals surface area contributed by atoms with Gasteiger partial charge in [-0.25, -0.2) is 8.42 Å². The summed E-state index contributed by atoms with van der Waals surface area (Å²) in [5.74, 6) is 0.633. The summed E-state index contributed by atoms with van der Waals surface area (Å²) < 4.78 is 27.7. The summed E-state index contributed by atoms with van der Waals surface area (Å²) in [6.07, 6.45) is 4.78. The van der Waals surface area contributed by atoms with Crippen molar-refractivity contribution in [2.45, 2.75) is 4.90 Å². The van der Waals surface area contributed by atoms with E-state index in [1.807, 2.05) is 6.08 Å². The average Bonchev–Trinajstić information content (AvgIpc) is 2.24. The molecule has 1 rings (SSSR count). The number of hydrogen-bond acceptors (Lipinski definition) is 4. The molecular formula is C11H15NO3S. The van der Waals surface area contributed by atoms with Crippen molar-refractivity contribution < 1.29 is 13.2 Å². The quantitative estimate of drug-likeness (QED) is 0.780. The Bertz CT molecular complexity index is 449. The summed E-state index contributed by atoms with van der Waals surface area (Å²) in [6, 6.07) is 6.31. The molecule has 16 heavy (non-hydrogen) atoms. The van der Waals surface area contributed by atoms with Crippen LogP contribution in [0, 0.1) is 0 Å². The lowest BCUT2D eigenvalue weighted by atomic mass is 10.3. The Kier molecular flexibility index (Phi) is 4.52. The fourth-order valence-electron chi connectivity index (χ4n) is 1.09. The molecule has 0 saturated carbocycles. The minimum Gasteiger partial charge on any atom is -0.490 e. The van der Waals surface area contributed by atoms with E-state index >= 15 is 0 Å². The number of rotatable bonds is 5. The summed E-state index contributed by atoms with van der Waals surface area (Å²) in [6.45, 7) is 0.909. The normalized spacial score (nSPS) is 11.9. The predicted molar refractivity (Wildman–Crippen MR) is 63.2 cm³/mol. The third-order valence-electron chi connectivity index (χ3n) is 1.90. The monoisotopic (exact) mass is 241 g/mol. The first kappa shape index (κ1) is 12.7. The molecule has 0 aliphatic carbocycles. The van der Waals surface area contributed by atoms with Crippen molar-refractivity contribution in [3.8, 4) is 5.75 Å². The summed E-state index contributed by atoms with van der Waals surface area (Å²) >= 11 is 0. The second-order valence-corrected chi connectivity index (χ2v) is 5.28. The van der Waals surface area contributed by atoms with Gasteiger partial charge in [0.2, 0.25) is 0 Å². The molecule has 4 nitrogen and oxygen atoms in total. The highest BCUT2D eigenvalue weighted by molar-refractivity contribution is 7.90. The molecule has 0 atom stereocenters. The van der Waals surface area contributed by atoms with Gasteiger partial charge in [-0.05, 0) is 24.3 Å². The van der Waals surface area contributed by atoms with Crippen molar-refractivity contribution in [3.05, 3.63) is 36.4 Å². The molecule has 0 aromatic heterocycles. The van der Waals surface area contributed by atoms with Crippen molar-refractivity contribution >= 4 is 9.84 Å². The van der Waals surface area contributed by atoms with E-state index in [-0.39, 0.29) is 4.90 Å². The van der Waals surface area contributed by atoms with Crippen LogP contribution in [-0.4, -0.2) is 27.8 Å². The zero-order valence-electron chi connectivity index (χ0n) is 9.09. The molecule has 5 heteroatoms. The maximum Gasteiger partial charge on any atom is 0.175 e. The minimum absolute atomic E-state index is 0.289. The predicted octanol–water partition coefficient (Wildman–Crippen LogP) is 0.984. The van der Waals surface area contributed by atoms with Crippen LogP contribution in [0.15, 0.2) is 41.3 Å². The van der Waals surface area contributed by atoms with Gasteiger partial charge in [0, 0.05) is 12.8 Å². The van der Waals surface area contributed by atoms with Crippen LogP contribution in [0.3, 0.4) is 0 Å². The number of ether oxygens (including phenoxy) is 1. The van der Waals surface area contributed by atoms with Crippen molar-refractivity contribution in [1.82, 2.24) is 0 Å². The van der Waals surface area contributed by atoms with Crippen LogP contribution in [0.25, 0.3) is 0 Å². The van der Waals surface area contributed by atoms with Crippen LogP contribution < -0.4 is 10.5 Å². The Morgan fingerprint density at radius 2 is 1.88 bits per heavy atom. The molecule has 88 valence electrons. The molecule has 0 unspecified atom stereocenters. The van der Waals surface area contributed by atoms with Gasteiger partial charge in [0.15, 0.2) is 9.84 Å². The lowest BCUT2D eigenvalue weighted by molar-refractivity contribution is 0.362. The fraction of sp³-hybridized carbons (Fsp3) is 0.273. The van der Waals surface area contributed by atoms with E-state index in [0.29, 0.717) is 18.9 Å². The molecule has 0 aliphatic rings. The van der Waals surface area contributed by atoms with Gasteiger partial charge in [0.1, 0.15) is 12.4 Å². The Balaban J connectivity index is 2.62. The van der Waals surface area contributed by atoms with Crippen LogP contribution in [0.4, 0.5) is 0 Å². The van der Waals surface area contributed by atoms with Gasteiger partial charge in [-0.1, -0.05) is 12.2 Å². The molecule has 0 amide bonds. The van der Waals surface area contributed by atoms with Gasteiger partial charge in [-0.3, -0.25) is 0 Å². The van der Waals surface area contributed by atoms with Crippen LogP contribution in [0.5, 0.6) is 5.75 Å². The first-order valence-electron chi connectivity index (χ1n) is 4.82. The van der Waals surface area contributed by atoms with Gasteiger partial charge >= 0.3 is 0 Å². The second-order valence-electron chi connectivity index (χ2n) is 3.26. The van der Waals surface area contributed by atoms with E-state index < -0.39 is 9.84 Å². The molecular weight excluding hydrogens is 226 g/mol. The summed E-state index contributed by atoms with van der Waals surface area (Å²) in [5, 5.41) is 0. The first-order valence-corrected chi connectivity index (χ1v) is 6.71. The average molecular weight is 241 g/mol. The zero-order chi connectivity index (χ0) is 12.0. The topological polar surface area (TPSA) is 69.4 Å². The highest BCUT2D eigenvalue weighted by Crippen LogP contribution is 2.15. The number of nitrogens with two attached hydrogens (primary N) is 1. The van der Waals surface area contributed by atoms with Crippen LogP contribution in [-0.2, 0) is 9.84 Å². The van der Waals surface area contributed by atoms with E-state index in [0.717, 1.165) is 0 Å². The fourth-order valence-corrected chi connectivity index (χ4v) is 1.72. The summed E-state index contributed by atoms with van der Waals surface area (Å²) in [5.41, 5.74) is 5.27. The Morgan fingerprint density at radius 1 is 1.25 bits per heavy atom.